The van der Waals surface area contributed by atoms with Crippen LogP contribution >= 0.6 is 0 Å². The smallest absolute Gasteiger partial charge is 0.0534 e. The molecular weight excluding hydrogens is 72.1 g/mol. The Kier molecular flexibility index (Phi) is 1.40. The molecule has 0 amide bonds. The fourth-order valence-corrected chi connectivity index (χ4v) is 0.222. The summed E-state index contributed by atoms with van der Waals surface area (Å²) in [6.45, 7) is 5.12. The molecule has 1 atom stereocenters. The number of rotatable bonds is 2. The predicted molar refractivity (Wildman–Crippen MR) is 29.7 cm³/mol. The molecule has 0 bridgehead atoms. The molecule has 0 saturated heterocycles. The third-order valence-electron chi connectivity index (χ3n) is 0.496. The van der Waals surface area contributed by atoms with Gasteiger partial charge in [-0.15, -0.1) is 6.55 Å². The second-order valence-corrected chi connectivity index (χ2v) is 1.63. The van der Waals surface area contributed by atoms with Gasteiger partial charge in [-0.2, -0.15) is 0 Å². The first-order valence-electron chi connectivity index (χ1n) is 3.31. The molecule has 6 heavy (non-hydrogen) atoms. The highest BCUT2D eigenvalue weighted by Crippen LogP contribution is 1.96. The standard InChI is InChI=1S/C6H12/c1-4-5-6(2)3/h4,6H,1,5H2,2-3H3/i1D,5D. The molecule has 0 aromatic carbocycles. The molecule has 0 aromatic heterocycles. The molecule has 0 aromatic rings. The molecule has 36 valence electrons. The Morgan fingerprint density at radius 3 is 3.00 bits per heavy atom. The quantitative estimate of drug-likeness (QED) is 0.452. The van der Waals surface area contributed by atoms with E-state index in [0.717, 1.165) is 0 Å². The molecule has 0 heteroatoms. The highest BCUT2D eigenvalue weighted by Gasteiger charge is 1.82. The minimum absolute atomic E-state index is 0.201. The lowest BCUT2D eigenvalue weighted by molar-refractivity contribution is 0.664. The van der Waals surface area contributed by atoms with Gasteiger partial charge in [0.15, 0.2) is 0 Å². The molecule has 1 unspecified atom stereocenters. The summed E-state index contributed by atoms with van der Waals surface area (Å²) in [5.74, 6) is 0.330. The molecule has 0 rings (SSSR count). The summed E-state index contributed by atoms with van der Waals surface area (Å²) in [6, 6.07) is 0. The summed E-state index contributed by atoms with van der Waals surface area (Å²) in [5, 5.41) is 0. The predicted octanol–water partition coefficient (Wildman–Crippen LogP) is 2.22. The Balaban J connectivity index is 3.47. The number of hydrogen-bond donors (Lipinski definition) is 0. The van der Waals surface area contributed by atoms with E-state index in [4.69, 9.17) is 2.74 Å². The van der Waals surface area contributed by atoms with E-state index in [1.807, 2.05) is 13.8 Å². The summed E-state index contributed by atoms with van der Waals surface area (Å²) < 4.78 is 13.8. The van der Waals surface area contributed by atoms with E-state index in [-0.39, 0.29) is 6.40 Å². The lowest BCUT2D eigenvalue weighted by atomic mass is 10.1. The average Bonchev–Trinajstić information content (AvgIpc) is 1.67. The second kappa shape index (κ2) is 2.95. The van der Waals surface area contributed by atoms with E-state index in [0.29, 0.717) is 5.92 Å². The minimum atomic E-state index is -0.201. The van der Waals surface area contributed by atoms with Crippen molar-refractivity contribution in [3.63, 3.8) is 0 Å². The van der Waals surface area contributed by atoms with Crippen LogP contribution in [0.4, 0.5) is 0 Å². The highest BCUT2D eigenvalue weighted by atomic mass is 13.9. The number of hydrogen-bond acceptors (Lipinski definition) is 0. The van der Waals surface area contributed by atoms with Gasteiger partial charge in [-0.3, -0.25) is 0 Å². The maximum Gasteiger partial charge on any atom is 0.0534 e. The van der Waals surface area contributed by atoms with Crippen molar-refractivity contribution >= 4 is 0 Å². The third-order valence-corrected chi connectivity index (χ3v) is 0.496. The summed E-state index contributed by atoms with van der Waals surface area (Å²) >= 11 is 0. The fourth-order valence-electron chi connectivity index (χ4n) is 0.222. The van der Waals surface area contributed by atoms with Crippen LogP contribution in [0.5, 0.6) is 0 Å². The van der Waals surface area contributed by atoms with Crippen LogP contribution in [0, 0.1) is 5.92 Å². The van der Waals surface area contributed by atoms with E-state index in [2.05, 4.69) is 0 Å². The third kappa shape index (κ3) is 3.74. The van der Waals surface area contributed by atoms with Crippen LogP contribution in [0.1, 0.15) is 23.0 Å². The Bertz CT molecular complexity index is 76.6. The minimum Gasteiger partial charge on any atom is -0.103 e. The van der Waals surface area contributed by atoms with Gasteiger partial charge in [-0.25, -0.2) is 0 Å². The first kappa shape index (κ1) is 2.84. The Morgan fingerprint density at radius 1 is 2.17 bits per heavy atom. The van der Waals surface area contributed by atoms with Crippen molar-refractivity contribution in [3.8, 4) is 0 Å². The van der Waals surface area contributed by atoms with Gasteiger partial charge in [0.1, 0.15) is 0 Å². The van der Waals surface area contributed by atoms with Gasteiger partial charge in [0.05, 0.1) is 1.37 Å². The molecule has 0 aliphatic rings. The lowest BCUT2D eigenvalue weighted by Gasteiger charge is -1.92. The lowest BCUT2D eigenvalue weighted by Crippen LogP contribution is -1.78. The van der Waals surface area contributed by atoms with Crippen molar-refractivity contribution in [1.29, 1.82) is 0 Å². The van der Waals surface area contributed by atoms with Crippen molar-refractivity contribution in [2.45, 2.75) is 20.2 Å². The molecular formula is C6H12. The van der Waals surface area contributed by atoms with Gasteiger partial charge in [-0.1, -0.05) is 19.9 Å². The molecule has 0 spiro atoms. The SMILES string of the molecule is [2H]C=CC([2H])C(C)C. The van der Waals surface area contributed by atoms with E-state index in [1.165, 1.54) is 6.55 Å². The van der Waals surface area contributed by atoms with Gasteiger partial charge >= 0.3 is 0 Å². The maximum atomic E-state index is 7.22. The summed E-state index contributed by atoms with van der Waals surface area (Å²) in [6.07, 6.45) is 1.37. The van der Waals surface area contributed by atoms with Crippen molar-refractivity contribution in [2.75, 3.05) is 0 Å². The monoisotopic (exact) mass is 86.1 g/mol. The molecule has 0 radical (unpaired) electrons. The summed E-state index contributed by atoms with van der Waals surface area (Å²) in [4.78, 5) is 0. The van der Waals surface area contributed by atoms with Crippen molar-refractivity contribution in [1.82, 2.24) is 0 Å². The van der Waals surface area contributed by atoms with Gasteiger partial charge in [0.2, 0.25) is 0 Å². The van der Waals surface area contributed by atoms with E-state index in [9.17, 15) is 0 Å². The molecule has 0 heterocycles. The highest BCUT2D eigenvalue weighted by molar-refractivity contribution is 4.67. The van der Waals surface area contributed by atoms with Gasteiger partial charge in [-0.05, 0) is 12.3 Å². The van der Waals surface area contributed by atoms with Crippen LogP contribution in [0.15, 0.2) is 12.6 Å². The van der Waals surface area contributed by atoms with Crippen molar-refractivity contribution in [2.24, 2.45) is 5.92 Å². The van der Waals surface area contributed by atoms with E-state index >= 15 is 0 Å². The maximum absolute atomic E-state index is 7.22. The van der Waals surface area contributed by atoms with Crippen LogP contribution in [0.2, 0.25) is 0 Å². The molecule has 0 N–H and O–H groups in total. The van der Waals surface area contributed by atoms with Crippen LogP contribution in [0.25, 0.3) is 0 Å². The first-order chi connectivity index (χ1) is 3.68. The van der Waals surface area contributed by atoms with E-state index in [1.54, 1.807) is 6.08 Å². The second-order valence-electron chi connectivity index (χ2n) is 1.63. The van der Waals surface area contributed by atoms with Crippen LogP contribution in [-0.4, -0.2) is 0 Å². The van der Waals surface area contributed by atoms with E-state index < -0.39 is 0 Å². The van der Waals surface area contributed by atoms with Crippen LogP contribution < -0.4 is 0 Å². The average molecular weight is 86.2 g/mol. The van der Waals surface area contributed by atoms with Crippen LogP contribution in [-0.2, 0) is 0 Å². The number of allylic oxidation sites excluding steroid dienone is 1. The topological polar surface area (TPSA) is 0 Å². The van der Waals surface area contributed by atoms with Gasteiger partial charge in [0, 0.05) is 1.37 Å². The molecule has 0 aliphatic carbocycles. The molecule has 0 fully saturated rings. The fraction of sp³-hybridized carbons (Fsp3) is 0.667. The summed E-state index contributed by atoms with van der Waals surface area (Å²) in [5.41, 5.74) is 0. The van der Waals surface area contributed by atoms with Crippen molar-refractivity contribution in [3.05, 3.63) is 12.6 Å². The van der Waals surface area contributed by atoms with Crippen molar-refractivity contribution < 1.29 is 2.74 Å². The first-order valence-corrected chi connectivity index (χ1v) is 2.15. The normalized spacial score (nSPS) is 21.2. The molecule has 0 saturated carbocycles. The summed E-state index contributed by atoms with van der Waals surface area (Å²) in [7, 11) is 0. The molecule has 0 aliphatic heterocycles. The Labute approximate surface area is 42.7 Å². The zero-order valence-corrected chi connectivity index (χ0v) is 4.31. The van der Waals surface area contributed by atoms with Gasteiger partial charge in [0.25, 0.3) is 0 Å². The van der Waals surface area contributed by atoms with Gasteiger partial charge < -0.3 is 0 Å². The largest absolute Gasteiger partial charge is 0.103 e. The zero-order chi connectivity index (χ0) is 6.57. The van der Waals surface area contributed by atoms with Crippen LogP contribution in [0.3, 0.4) is 0 Å². The zero-order valence-electron chi connectivity index (χ0n) is 6.31. The Hall–Kier alpha value is -0.260. The Morgan fingerprint density at radius 2 is 2.83 bits per heavy atom. The molecule has 0 nitrogen and oxygen atoms in total.